The Morgan fingerprint density at radius 2 is 1.00 bits per heavy atom. The third-order valence-corrected chi connectivity index (χ3v) is 1.72. The van der Waals surface area contributed by atoms with Crippen molar-refractivity contribution >= 4 is 41.3 Å². The number of phosphoric acid groups is 1. The highest BCUT2D eigenvalue weighted by molar-refractivity contribution is 7.85. The van der Waals surface area contributed by atoms with Gasteiger partial charge in [-0.25, -0.2) is 4.57 Å². The average Bonchev–Trinajstić information content (AvgIpc) is 1.14. The molecule has 0 aromatic rings. The molecule has 0 aromatic heterocycles. The van der Waals surface area contributed by atoms with Crippen LogP contribution < -0.4 is 0 Å². The first-order valence-electron chi connectivity index (χ1n) is 1.45. The van der Waals surface area contributed by atoms with Crippen molar-refractivity contribution in [2.24, 2.45) is 0 Å². The standard InChI is InChI=1S/Mg.H3O7PS.7H2O.2H/c;1-8(2,3)7-9(4,5)6;;;;;;;;;/h;(H2,1,2,3)(H,4,5,6);7*1H2;;. The third-order valence-electron chi connectivity index (χ3n) is 0.191. The van der Waals surface area contributed by atoms with Gasteiger partial charge in [0.15, 0.2) is 0 Å². The Morgan fingerprint density at radius 3 is 1.00 bits per heavy atom. The van der Waals surface area contributed by atoms with Crippen LogP contribution >= 0.6 is 7.82 Å². The van der Waals surface area contributed by atoms with Gasteiger partial charge in [-0.2, -0.15) is 8.42 Å². The summed E-state index contributed by atoms with van der Waals surface area (Å²) in [5.41, 5.74) is 0. The van der Waals surface area contributed by atoms with Crippen molar-refractivity contribution in [3.8, 4) is 0 Å². The summed E-state index contributed by atoms with van der Waals surface area (Å²) in [7, 11) is -10.2. The third kappa shape index (κ3) is 82.1. The molecular weight excluding hydrogens is 311 g/mol. The SMILES string of the molecule is O.O.O.O.O.O.O.O=P(O)(O)OS(=O)(=O)O.[MgH2]. The van der Waals surface area contributed by atoms with Crippen LogP contribution in [-0.4, -0.2) is 84.1 Å². The van der Waals surface area contributed by atoms with E-state index in [0.29, 0.717) is 0 Å². The van der Waals surface area contributed by atoms with E-state index < -0.39 is 18.2 Å². The first-order chi connectivity index (χ1) is 3.71. The summed E-state index contributed by atoms with van der Waals surface area (Å²) in [5.74, 6) is 0. The fraction of sp³-hybridized carbons (Fsp3) is 0. The van der Waals surface area contributed by atoms with Crippen molar-refractivity contribution in [3.05, 3.63) is 0 Å². The van der Waals surface area contributed by atoms with Crippen molar-refractivity contribution in [3.63, 3.8) is 0 Å². The van der Waals surface area contributed by atoms with Crippen LogP contribution in [0, 0.1) is 0 Å². The Morgan fingerprint density at radius 1 is 0.824 bits per heavy atom. The molecule has 0 saturated carbocycles. The molecule has 17 N–H and O–H groups in total. The summed E-state index contributed by atoms with van der Waals surface area (Å²) in [5, 5.41) is 0. The van der Waals surface area contributed by atoms with Crippen LogP contribution in [0.4, 0.5) is 0 Å². The minimum Gasteiger partial charge on any atom is -0.412 e. The molecule has 17 heteroatoms. The second-order valence-corrected chi connectivity index (χ2v) is 3.43. The highest BCUT2D eigenvalue weighted by Crippen LogP contribution is 2.37. The van der Waals surface area contributed by atoms with Crippen molar-refractivity contribution in [1.82, 2.24) is 0 Å². The molecule has 0 rings (SSSR count). The van der Waals surface area contributed by atoms with Gasteiger partial charge in [0.25, 0.3) is 0 Å². The highest BCUT2D eigenvalue weighted by Gasteiger charge is 2.22. The molecule has 0 unspecified atom stereocenters. The molecule has 0 aliphatic carbocycles. The van der Waals surface area contributed by atoms with Crippen LogP contribution in [-0.2, 0) is 18.9 Å². The summed E-state index contributed by atoms with van der Waals surface area (Å²) < 4.78 is 39.0. The van der Waals surface area contributed by atoms with Crippen LogP contribution in [0.2, 0.25) is 0 Å². The minimum absolute atomic E-state index is 0. The van der Waals surface area contributed by atoms with Crippen LogP contribution in [0.25, 0.3) is 0 Å². The van der Waals surface area contributed by atoms with Crippen molar-refractivity contribution in [2.75, 3.05) is 0 Å². The number of hydrogen-bond acceptors (Lipinski definition) is 4. The van der Waals surface area contributed by atoms with Gasteiger partial charge in [-0.05, 0) is 0 Å². The van der Waals surface area contributed by atoms with Gasteiger partial charge in [-0.1, -0.05) is 0 Å². The largest absolute Gasteiger partial charge is 0.486 e. The Kier molecular flexibility index (Phi) is 84.4. The fourth-order valence-corrected chi connectivity index (χ4v) is 1.10. The van der Waals surface area contributed by atoms with Crippen LogP contribution in [0.3, 0.4) is 0 Å². The van der Waals surface area contributed by atoms with E-state index in [1.807, 2.05) is 0 Å². The smallest absolute Gasteiger partial charge is 0.412 e. The zero-order chi connectivity index (χ0) is 7.71. The van der Waals surface area contributed by atoms with Gasteiger partial charge in [0.2, 0.25) is 0 Å². The summed E-state index contributed by atoms with van der Waals surface area (Å²) >= 11 is 0. The molecule has 0 amide bonds. The van der Waals surface area contributed by atoms with Gasteiger partial charge in [-0.3, -0.25) is 4.55 Å². The Hall–Kier alpha value is 0.506. The zero-order valence-electron chi connectivity index (χ0n) is 7.33. The monoisotopic (exact) mass is 330 g/mol. The number of hydrogen-bond donors (Lipinski definition) is 3. The molecule has 17 heavy (non-hydrogen) atoms. The molecule has 0 spiro atoms. The van der Waals surface area contributed by atoms with Gasteiger partial charge in [0, 0.05) is 0 Å². The van der Waals surface area contributed by atoms with Gasteiger partial charge in [-0.15, -0.1) is 3.97 Å². The van der Waals surface area contributed by atoms with Crippen molar-refractivity contribution in [1.29, 1.82) is 0 Å². The lowest BCUT2D eigenvalue weighted by atomic mass is 15.7. The summed E-state index contributed by atoms with van der Waals surface area (Å²) in [6, 6.07) is 0. The van der Waals surface area contributed by atoms with Crippen LogP contribution in [0.15, 0.2) is 0 Å². The molecular formula is H19MgO14PS. The average molecular weight is 330 g/mol. The predicted molar refractivity (Wildman–Crippen MR) is 58.5 cm³/mol. The summed E-state index contributed by atoms with van der Waals surface area (Å²) in [6.45, 7) is 0. The second kappa shape index (κ2) is 21.8. The maximum absolute atomic E-state index is 9.58. The second-order valence-electron chi connectivity index (χ2n) is 0.993. The molecule has 116 valence electrons. The lowest BCUT2D eigenvalue weighted by Crippen LogP contribution is -2.00. The van der Waals surface area contributed by atoms with Crippen molar-refractivity contribution < 1.29 is 69.6 Å². The maximum Gasteiger partial charge on any atom is 0.486 e. The molecule has 0 aliphatic heterocycles. The van der Waals surface area contributed by atoms with Crippen LogP contribution in [0.1, 0.15) is 0 Å². The molecule has 0 aliphatic rings. The molecule has 0 saturated heterocycles. The van der Waals surface area contributed by atoms with E-state index in [0.717, 1.165) is 0 Å². The van der Waals surface area contributed by atoms with Gasteiger partial charge >= 0.3 is 41.3 Å². The number of rotatable bonds is 2. The van der Waals surface area contributed by atoms with E-state index in [1.165, 1.54) is 0 Å². The minimum atomic E-state index is -5.13. The topological polar surface area (TPSA) is 342 Å². The van der Waals surface area contributed by atoms with Gasteiger partial charge in [0.05, 0.1) is 0 Å². The zero-order valence-corrected chi connectivity index (χ0v) is 9.04. The first kappa shape index (κ1) is 65.9. The van der Waals surface area contributed by atoms with Gasteiger partial charge in [0.1, 0.15) is 0 Å². The Balaban J connectivity index is -0.0000000114. The van der Waals surface area contributed by atoms with E-state index >= 15 is 0 Å². The van der Waals surface area contributed by atoms with E-state index in [2.05, 4.69) is 3.97 Å². The Labute approximate surface area is 111 Å². The highest BCUT2D eigenvalue weighted by atomic mass is 32.3. The predicted octanol–water partition coefficient (Wildman–Crippen LogP) is -7.79. The van der Waals surface area contributed by atoms with E-state index in [9.17, 15) is 13.0 Å². The first-order valence-corrected chi connectivity index (χ1v) is 4.34. The molecule has 0 fully saturated rings. The quantitative estimate of drug-likeness (QED) is 0.248. The molecule has 0 atom stereocenters. The summed E-state index contributed by atoms with van der Waals surface area (Å²) in [4.78, 5) is 15.4. The van der Waals surface area contributed by atoms with E-state index in [1.54, 1.807) is 0 Å². The normalized spacial score (nSPS) is 7.24. The van der Waals surface area contributed by atoms with Crippen LogP contribution in [0.5, 0.6) is 0 Å². The molecule has 0 heterocycles. The molecule has 0 radical (unpaired) electrons. The van der Waals surface area contributed by atoms with E-state index in [-0.39, 0.29) is 61.4 Å². The lowest BCUT2D eigenvalue weighted by Gasteiger charge is -1.97. The van der Waals surface area contributed by atoms with Gasteiger partial charge < -0.3 is 48.1 Å². The molecule has 0 aromatic carbocycles. The summed E-state index contributed by atoms with van der Waals surface area (Å²) in [6.07, 6.45) is 0. The Bertz CT molecular complexity index is 223. The molecule has 0 bridgehead atoms. The molecule has 14 nitrogen and oxygen atoms in total. The maximum atomic E-state index is 9.58. The fourth-order valence-electron chi connectivity index (χ4n) is 0.123. The van der Waals surface area contributed by atoms with Crippen molar-refractivity contribution in [2.45, 2.75) is 0 Å². The lowest BCUT2D eigenvalue weighted by molar-refractivity contribution is 0.268. The van der Waals surface area contributed by atoms with E-state index in [4.69, 9.17) is 14.3 Å².